The van der Waals surface area contributed by atoms with Crippen molar-refractivity contribution >= 4 is 28.8 Å². The zero-order valence-electron chi connectivity index (χ0n) is 16.3. The van der Waals surface area contributed by atoms with Crippen molar-refractivity contribution in [3.63, 3.8) is 0 Å². The number of carbonyl (C=O) groups is 2. The number of hydrogen-bond donors (Lipinski definition) is 2. The highest BCUT2D eigenvalue weighted by Crippen LogP contribution is 2.16. The van der Waals surface area contributed by atoms with Crippen LogP contribution in [-0.2, 0) is 4.74 Å². The molecule has 0 spiro atoms. The van der Waals surface area contributed by atoms with Crippen LogP contribution in [0.5, 0.6) is 0 Å². The molecule has 0 radical (unpaired) electrons. The Morgan fingerprint density at radius 2 is 1.93 bits per heavy atom. The topological polar surface area (TPSA) is 70.7 Å². The molecular weight excluding hydrogens is 374 g/mol. The summed E-state index contributed by atoms with van der Waals surface area (Å²) in [6.07, 6.45) is 0. The number of thiophene rings is 1. The quantitative estimate of drug-likeness (QED) is 0.748. The van der Waals surface area contributed by atoms with E-state index in [0.29, 0.717) is 28.6 Å². The van der Waals surface area contributed by atoms with Crippen LogP contribution < -0.4 is 10.6 Å². The number of ether oxygens (including phenoxy) is 1. The van der Waals surface area contributed by atoms with Crippen LogP contribution in [0.4, 0.5) is 5.69 Å². The molecule has 1 aliphatic heterocycles. The van der Waals surface area contributed by atoms with Crippen molar-refractivity contribution in [1.82, 2.24) is 10.2 Å². The smallest absolute Gasteiger partial charge is 0.265 e. The molecule has 1 aromatic heterocycles. The van der Waals surface area contributed by atoms with E-state index < -0.39 is 0 Å². The third-order valence-electron chi connectivity index (χ3n) is 4.88. The van der Waals surface area contributed by atoms with Gasteiger partial charge in [-0.05, 0) is 35.6 Å². The van der Waals surface area contributed by atoms with Gasteiger partial charge < -0.3 is 15.4 Å². The molecule has 3 rings (SSSR count). The molecule has 2 heterocycles. The predicted molar refractivity (Wildman–Crippen MR) is 112 cm³/mol. The number of rotatable bonds is 7. The maximum Gasteiger partial charge on any atom is 0.265 e. The zero-order valence-corrected chi connectivity index (χ0v) is 17.1. The van der Waals surface area contributed by atoms with Crippen LogP contribution in [0.2, 0.25) is 0 Å². The first kappa shape index (κ1) is 20.5. The number of carbonyl (C=O) groups excluding carboxylic acids is 2. The van der Waals surface area contributed by atoms with E-state index in [1.165, 1.54) is 11.3 Å². The van der Waals surface area contributed by atoms with Crippen molar-refractivity contribution < 1.29 is 14.3 Å². The molecule has 2 N–H and O–H groups in total. The molecule has 0 unspecified atom stereocenters. The fourth-order valence-electron chi connectivity index (χ4n) is 3.33. The first-order chi connectivity index (χ1) is 13.5. The molecule has 1 aromatic carbocycles. The van der Waals surface area contributed by atoms with Gasteiger partial charge in [0.05, 0.1) is 18.1 Å². The molecule has 28 heavy (non-hydrogen) atoms. The van der Waals surface area contributed by atoms with Crippen molar-refractivity contribution in [2.45, 2.75) is 19.9 Å². The second-order valence-electron chi connectivity index (χ2n) is 7.18. The highest BCUT2D eigenvalue weighted by atomic mass is 32.1. The number of morpholine rings is 1. The van der Waals surface area contributed by atoms with E-state index in [4.69, 9.17) is 4.74 Å². The van der Waals surface area contributed by atoms with Gasteiger partial charge in [0.2, 0.25) is 0 Å². The van der Waals surface area contributed by atoms with Gasteiger partial charge in [-0.1, -0.05) is 26.0 Å². The van der Waals surface area contributed by atoms with Crippen LogP contribution in [0.15, 0.2) is 41.8 Å². The summed E-state index contributed by atoms with van der Waals surface area (Å²) >= 11 is 1.38. The van der Waals surface area contributed by atoms with Crippen LogP contribution in [-0.4, -0.2) is 55.6 Å². The molecule has 0 aliphatic carbocycles. The SMILES string of the molecule is CC(C)[C@@H](CNC(=O)c1cccc(NC(=O)c2cccs2)c1)N1CCOCC1. The van der Waals surface area contributed by atoms with Crippen LogP contribution in [0.25, 0.3) is 0 Å². The molecule has 1 fully saturated rings. The van der Waals surface area contributed by atoms with Gasteiger partial charge >= 0.3 is 0 Å². The fraction of sp³-hybridized carbons (Fsp3) is 0.429. The average molecular weight is 402 g/mol. The van der Waals surface area contributed by atoms with Crippen molar-refractivity contribution in [3.05, 3.63) is 52.2 Å². The molecule has 150 valence electrons. The number of nitrogens with zero attached hydrogens (tertiary/aromatic N) is 1. The number of anilines is 1. The van der Waals surface area contributed by atoms with E-state index in [2.05, 4.69) is 29.4 Å². The summed E-state index contributed by atoms with van der Waals surface area (Å²) in [7, 11) is 0. The highest BCUT2D eigenvalue weighted by Gasteiger charge is 2.24. The van der Waals surface area contributed by atoms with Crippen molar-refractivity contribution in [2.75, 3.05) is 38.2 Å². The first-order valence-corrected chi connectivity index (χ1v) is 10.5. The summed E-state index contributed by atoms with van der Waals surface area (Å²) in [5.74, 6) is 0.126. The Balaban J connectivity index is 1.59. The molecule has 2 amide bonds. The Bertz CT molecular complexity index is 786. The van der Waals surface area contributed by atoms with Gasteiger partial charge in [-0.2, -0.15) is 0 Å². The second kappa shape index (κ2) is 9.82. The molecule has 0 bridgehead atoms. The molecule has 1 aliphatic rings. The minimum Gasteiger partial charge on any atom is -0.379 e. The first-order valence-electron chi connectivity index (χ1n) is 9.59. The molecule has 1 atom stereocenters. The standard InChI is InChI=1S/C21H27N3O3S/c1-15(2)18(24-8-10-27-11-9-24)14-22-20(25)16-5-3-6-17(13-16)23-21(26)19-7-4-12-28-19/h3-7,12-13,15,18H,8-11,14H2,1-2H3,(H,22,25)(H,23,26)/t18-/m1/s1. The predicted octanol–water partition coefficient (Wildman–Crippen LogP) is 3.09. The maximum atomic E-state index is 12.7. The van der Waals surface area contributed by atoms with Gasteiger partial charge in [0.15, 0.2) is 0 Å². The lowest BCUT2D eigenvalue weighted by Gasteiger charge is -2.36. The van der Waals surface area contributed by atoms with E-state index >= 15 is 0 Å². The summed E-state index contributed by atoms with van der Waals surface area (Å²) in [4.78, 5) is 27.9. The summed E-state index contributed by atoms with van der Waals surface area (Å²) in [6.45, 7) is 8.19. The Morgan fingerprint density at radius 3 is 2.61 bits per heavy atom. The number of hydrogen-bond acceptors (Lipinski definition) is 5. The maximum absolute atomic E-state index is 12.7. The Labute approximate surface area is 169 Å². The molecular formula is C21H27N3O3S. The lowest BCUT2D eigenvalue weighted by molar-refractivity contribution is 0.00672. The number of nitrogens with one attached hydrogen (secondary N) is 2. The van der Waals surface area contributed by atoms with E-state index in [1.807, 2.05) is 11.4 Å². The Kier molecular flexibility index (Phi) is 7.19. The van der Waals surface area contributed by atoms with Gasteiger partial charge in [0, 0.05) is 36.9 Å². The minimum atomic E-state index is -0.167. The van der Waals surface area contributed by atoms with Gasteiger partial charge in [-0.15, -0.1) is 11.3 Å². The third kappa shape index (κ3) is 5.41. The van der Waals surface area contributed by atoms with Crippen LogP contribution in [0, 0.1) is 5.92 Å². The monoisotopic (exact) mass is 401 g/mol. The molecule has 0 saturated carbocycles. The van der Waals surface area contributed by atoms with Gasteiger partial charge in [0.1, 0.15) is 0 Å². The molecule has 1 saturated heterocycles. The largest absolute Gasteiger partial charge is 0.379 e. The van der Waals surface area contributed by atoms with Crippen molar-refractivity contribution in [1.29, 1.82) is 0 Å². The van der Waals surface area contributed by atoms with Gasteiger partial charge in [-0.25, -0.2) is 0 Å². The highest BCUT2D eigenvalue weighted by molar-refractivity contribution is 7.12. The van der Waals surface area contributed by atoms with Gasteiger partial charge in [0.25, 0.3) is 11.8 Å². The van der Waals surface area contributed by atoms with Gasteiger partial charge in [-0.3, -0.25) is 14.5 Å². The Hall–Kier alpha value is -2.22. The summed E-state index contributed by atoms with van der Waals surface area (Å²) in [5.41, 5.74) is 1.15. The summed E-state index contributed by atoms with van der Waals surface area (Å²) in [6, 6.07) is 10.9. The van der Waals surface area contributed by atoms with Crippen molar-refractivity contribution in [3.8, 4) is 0 Å². The third-order valence-corrected chi connectivity index (χ3v) is 5.75. The minimum absolute atomic E-state index is 0.133. The number of amides is 2. The van der Waals surface area contributed by atoms with Crippen LogP contribution >= 0.6 is 11.3 Å². The molecule has 7 heteroatoms. The van der Waals surface area contributed by atoms with E-state index in [0.717, 1.165) is 26.3 Å². The Morgan fingerprint density at radius 1 is 1.14 bits per heavy atom. The van der Waals surface area contributed by atoms with E-state index in [-0.39, 0.29) is 17.9 Å². The van der Waals surface area contributed by atoms with Crippen LogP contribution in [0.1, 0.15) is 33.9 Å². The summed E-state index contributed by atoms with van der Waals surface area (Å²) in [5, 5.41) is 7.76. The normalized spacial score (nSPS) is 16.0. The van der Waals surface area contributed by atoms with Crippen LogP contribution in [0.3, 0.4) is 0 Å². The van der Waals surface area contributed by atoms with E-state index in [9.17, 15) is 9.59 Å². The van der Waals surface area contributed by atoms with E-state index in [1.54, 1.807) is 30.3 Å². The second-order valence-corrected chi connectivity index (χ2v) is 8.13. The molecule has 6 nitrogen and oxygen atoms in total. The average Bonchev–Trinajstić information content (AvgIpc) is 3.24. The molecule has 2 aromatic rings. The number of benzene rings is 1. The fourth-order valence-corrected chi connectivity index (χ4v) is 3.95. The summed E-state index contributed by atoms with van der Waals surface area (Å²) < 4.78 is 5.43. The van der Waals surface area contributed by atoms with Crippen molar-refractivity contribution in [2.24, 2.45) is 5.92 Å². The zero-order chi connectivity index (χ0) is 19.9. The lowest BCUT2D eigenvalue weighted by Crippen LogP contribution is -2.51. The lowest BCUT2D eigenvalue weighted by atomic mass is 10.0.